The van der Waals surface area contributed by atoms with Gasteiger partial charge in [0.15, 0.2) is 0 Å². The molecule has 3 nitrogen and oxygen atoms in total. The molecular weight excluding hydrogens is 226 g/mol. The number of primary amides is 1. The normalized spacial score (nSPS) is 11.5. The quantitative estimate of drug-likeness (QED) is 0.566. The second-order valence-corrected chi connectivity index (χ2v) is 4.24. The van der Waals surface area contributed by atoms with Crippen molar-refractivity contribution in [2.45, 2.75) is 26.2 Å². The molecule has 18 heavy (non-hydrogen) atoms. The molecule has 1 amide bonds. The van der Waals surface area contributed by atoms with Crippen LogP contribution in [0.1, 0.15) is 25.3 Å². The first kappa shape index (κ1) is 14.5. The molecule has 0 fully saturated rings. The van der Waals surface area contributed by atoms with Crippen LogP contribution in [0.5, 0.6) is 0 Å². The van der Waals surface area contributed by atoms with E-state index in [1.165, 1.54) is 5.56 Å². The highest BCUT2D eigenvalue weighted by Gasteiger charge is 1.96. The van der Waals surface area contributed by atoms with E-state index in [1.54, 1.807) is 6.92 Å². The van der Waals surface area contributed by atoms with Gasteiger partial charge in [-0.05, 0) is 31.7 Å². The summed E-state index contributed by atoms with van der Waals surface area (Å²) < 4.78 is 5.49. The molecule has 0 saturated heterocycles. The van der Waals surface area contributed by atoms with Gasteiger partial charge in [0.05, 0.1) is 6.61 Å². The zero-order valence-electron chi connectivity index (χ0n) is 10.9. The van der Waals surface area contributed by atoms with Crippen LogP contribution in [0.4, 0.5) is 0 Å². The van der Waals surface area contributed by atoms with Gasteiger partial charge >= 0.3 is 0 Å². The lowest BCUT2D eigenvalue weighted by Gasteiger charge is -2.03. The molecule has 0 bridgehead atoms. The third-order valence-electron chi connectivity index (χ3n) is 2.70. The summed E-state index contributed by atoms with van der Waals surface area (Å²) in [4.78, 5) is 10.7. The molecule has 1 rings (SSSR count). The van der Waals surface area contributed by atoms with Crippen LogP contribution in [-0.4, -0.2) is 19.1 Å². The fourth-order valence-corrected chi connectivity index (χ4v) is 1.58. The first-order valence-electron chi connectivity index (χ1n) is 6.28. The molecule has 0 heterocycles. The second kappa shape index (κ2) is 8.48. The summed E-state index contributed by atoms with van der Waals surface area (Å²) in [5, 5.41) is 0. The van der Waals surface area contributed by atoms with Crippen LogP contribution in [0.15, 0.2) is 42.0 Å². The summed E-state index contributed by atoms with van der Waals surface area (Å²) in [6.45, 7) is 3.11. The van der Waals surface area contributed by atoms with Gasteiger partial charge in [0.1, 0.15) is 0 Å². The van der Waals surface area contributed by atoms with E-state index in [1.807, 2.05) is 24.3 Å². The molecule has 0 aromatic heterocycles. The standard InChI is InChI=1S/C15H21NO2/c1-13(15(16)17)7-5-11-18-12-6-10-14-8-3-2-4-9-14/h2-4,7-9H,5-6,10-12H2,1H3,(H2,16,17). The maximum Gasteiger partial charge on any atom is 0.244 e. The molecule has 0 radical (unpaired) electrons. The van der Waals surface area contributed by atoms with Crippen molar-refractivity contribution >= 4 is 5.91 Å². The Morgan fingerprint density at radius 3 is 2.67 bits per heavy atom. The van der Waals surface area contributed by atoms with E-state index < -0.39 is 0 Å². The maximum absolute atomic E-state index is 10.7. The molecule has 3 heteroatoms. The van der Waals surface area contributed by atoms with Crippen LogP contribution in [0.2, 0.25) is 0 Å². The smallest absolute Gasteiger partial charge is 0.244 e. The number of aryl methyl sites for hydroxylation is 1. The first-order valence-corrected chi connectivity index (χ1v) is 6.28. The number of hydrogen-bond donors (Lipinski definition) is 1. The Labute approximate surface area is 109 Å². The fourth-order valence-electron chi connectivity index (χ4n) is 1.58. The van der Waals surface area contributed by atoms with E-state index in [4.69, 9.17) is 10.5 Å². The molecule has 0 spiro atoms. The van der Waals surface area contributed by atoms with Crippen molar-refractivity contribution in [1.82, 2.24) is 0 Å². The average molecular weight is 247 g/mol. The van der Waals surface area contributed by atoms with Gasteiger partial charge in [-0.25, -0.2) is 0 Å². The van der Waals surface area contributed by atoms with Gasteiger partial charge in [-0.3, -0.25) is 4.79 Å². The topological polar surface area (TPSA) is 52.3 Å². The monoisotopic (exact) mass is 247 g/mol. The highest BCUT2D eigenvalue weighted by Crippen LogP contribution is 2.02. The zero-order chi connectivity index (χ0) is 13.2. The van der Waals surface area contributed by atoms with Crippen molar-refractivity contribution in [2.24, 2.45) is 5.73 Å². The Morgan fingerprint density at radius 1 is 1.28 bits per heavy atom. The average Bonchev–Trinajstić information content (AvgIpc) is 2.38. The van der Waals surface area contributed by atoms with Gasteiger partial charge in [0, 0.05) is 12.2 Å². The van der Waals surface area contributed by atoms with Gasteiger partial charge in [-0.2, -0.15) is 0 Å². The number of hydrogen-bond acceptors (Lipinski definition) is 2. The Hall–Kier alpha value is -1.61. The molecule has 1 aromatic rings. The second-order valence-electron chi connectivity index (χ2n) is 4.24. The third kappa shape index (κ3) is 6.21. The van der Waals surface area contributed by atoms with E-state index in [2.05, 4.69) is 12.1 Å². The van der Waals surface area contributed by atoms with E-state index in [0.29, 0.717) is 12.2 Å². The SMILES string of the molecule is CC(=CCCOCCCc1ccccc1)C(N)=O. The summed E-state index contributed by atoms with van der Waals surface area (Å²) in [5.41, 5.74) is 7.05. The van der Waals surface area contributed by atoms with Gasteiger partial charge in [0.25, 0.3) is 0 Å². The van der Waals surface area contributed by atoms with Crippen LogP contribution in [0.25, 0.3) is 0 Å². The van der Waals surface area contributed by atoms with Crippen molar-refractivity contribution in [3.63, 3.8) is 0 Å². The molecule has 0 aliphatic heterocycles. The summed E-state index contributed by atoms with van der Waals surface area (Å²) in [6, 6.07) is 10.4. The number of rotatable bonds is 8. The van der Waals surface area contributed by atoms with Gasteiger partial charge < -0.3 is 10.5 Å². The van der Waals surface area contributed by atoms with E-state index >= 15 is 0 Å². The van der Waals surface area contributed by atoms with Gasteiger partial charge in [-0.15, -0.1) is 0 Å². The maximum atomic E-state index is 10.7. The number of nitrogens with two attached hydrogens (primary N) is 1. The van der Waals surface area contributed by atoms with Crippen molar-refractivity contribution < 1.29 is 9.53 Å². The van der Waals surface area contributed by atoms with Crippen molar-refractivity contribution in [2.75, 3.05) is 13.2 Å². The Balaban J connectivity index is 2.03. The molecular formula is C15H21NO2. The minimum absolute atomic E-state index is 0.362. The molecule has 98 valence electrons. The first-order chi connectivity index (χ1) is 8.70. The van der Waals surface area contributed by atoms with Gasteiger partial charge in [0.2, 0.25) is 5.91 Å². The molecule has 0 atom stereocenters. The Kier molecular flexibility index (Phi) is 6.81. The van der Waals surface area contributed by atoms with Crippen LogP contribution in [0, 0.1) is 0 Å². The lowest BCUT2D eigenvalue weighted by Crippen LogP contribution is -2.11. The molecule has 0 aliphatic rings. The van der Waals surface area contributed by atoms with Crippen LogP contribution in [0.3, 0.4) is 0 Å². The number of benzene rings is 1. The Morgan fingerprint density at radius 2 is 2.00 bits per heavy atom. The summed E-state index contributed by atoms with van der Waals surface area (Å²) in [5.74, 6) is -0.362. The third-order valence-corrected chi connectivity index (χ3v) is 2.70. The van der Waals surface area contributed by atoms with Crippen LogP contribution >= 0.6 is 0 Å². The van der Waals surface area contributed by atoms with Crippen LogP contribution < -0.4 is 5.73 Å². The predicted molar refractivity (Wildman–Crippen MR) is 73.2 cm³/mol. The molecule has 0 unspecified atom stereocenters. The molecule has 0 aliphatic carbocycles. The van der Waals surface area contributed by atoms with E-state index in [9.17, 15) is 4.79 Å². The highest BCUT2D eigenvalue weighted by atomic mass is 16.5. The number of carbonyl (C=O) groups is 1. The number of amides is 1. The lowest BCUT2D eigenvalue weighted by atomic mass is 10.1. The predicted octanol–water partition coefficient (Wildman–Crippen LogP) is 2.46. The van der Waals surface area contributed by atoms with Crippen molar-refractivity contribution in [3.8, 4) is 0 Å². The van der Waals surface area contributed by atoms with Crippen LogP contribution in [-0.2, 0) is 16.0 Å². The number of carbonyl (C=O) groups excluding carboxylic acids is 1. The summed E-state index contributed by atoms with van der Waals surface area (Å²) in [6.07, 6.45) is 4.61. The highest BCUT2D eigenvalue weighted by molar-refractivity contribution is 5.91. The number of ether oxygens (including phenoxy) is 1. The minimum Gasteiger partial charge on any atom is -0.381 e. The van der Waals surface area contributed by atoms with Gasteiger partial charge in [-0.1, -0.05) is 36.4 Å². The van der Waals surface area contributed by atoms with E-state index in [0.717, 1.165) is 25.9 Å². The lowest BCUT2D eigenvalue weighted by molar-refractivity contribution is -0.114. The fraction of sp³-hybridized carbons (Fsp3) is 0.400. The molecule has 0 saturated carbocycles. The summed E-state index contributed by atoms with van der Waals surface area (Å²) >= 11 is 0. The Bertz CT molecular complexity index is 385. The molecule has 2 N–H and O–H groups in total. The minimum atomic E-state index is -0.362. The van der Waals surface area contributed by atoms with Crippen molar-refractivity contribution in [3.05, 3.63) is 47.5 Å². The largest absolute Gasteiger partial charge is 0.381 e. The van der Waals surface area contributed by atoms with Crippen molar-refractivity contribution in [1.29, 1.82) is 0 Å². The zero-order valence-corrected chi connectivity index (χ0v) is 10.9. The molecule has 1 aromatic carbocycles. The van der Waals surface area contributed by atoms with E-state index in [-0.39, 0.29) is 5.91 Å². The summed E-state index contributed by atoms with van der Waals surface area (Å²) in [7, 11) is 0.